The topological polar surface area (TPSA) is 110 Å². The third-order valence-electron chi connectivity index (χ3n) is 10.1. The molecule has 0 saturated carbocycles. The van der Waals surface area contributed by atoms with E-state index < -0.39 is 36.9 Å². The van der Waals surface area contributed by atoms with Crippen molar-refractivity contribution in [1.29, 1.82) is 0 Å². The van der Waals surface area contributed by atoms with E-state index in [-0.39, 0.29) is 0 Å². The number of nitrogens with one attached hydrogen (secondary N) is 1. The van der Waals surface area contributed by atoms with Crippen LogP contribution in [0.15, 0.2) is 36.5 Å². The van der Waals surface area contributed by atoms with Gasteiger partial charge in [-0.2, -0.15) is 0 Å². The zero-order valence-electron chi connectivity index (χ0n) is 33.6. The molecular formula is C45H85NO5. The average Bonchev–Trinajstić information content (AvgIpc) is 3.13. The van der Waals surface area contributed by atoms with Crippen molar-refractivity contribution in [3.63, 3.8) is 0 Å². The van der Waals surface area contributed by atoms with Crippen LogP contribution in [-0.4, -0.2) is 57.3 Å². The Morgan fingerprint density at radius 3 is 1.33 bits per heavy atom. The maximum atomic E-state index is 12.5. The van der Waals surface area contributed by atoms with Gasteiger partial charge in [-0.3, -0.25) is 4.79 Å². The van der Waals surface area contributed by atoms with Crippen LogP contribution in [0.3, 0.4) is 0 Å². The molecule has 0 aromatic rings. The molecule has 4 unspecified atom stereocenters. The van der Waals surface area contributed by atoms with Crippen molar-refractivity contribution in [2.24, 2.45) is 0 Å². The van der Waals surface area contributed by atoms with Gasteiger partial charge in [-0.05, 0) is 64.2 Å². The molecule has 300 valence electrons. The number of rotatable bonds is 39. The quantitative estimate of drug-likeness (QED) is 0.0247. The number of allylic oxidation sites excluding steroid dienone is 6. The standard InChI is InChI=1S/C45H85NO5/c1-3-5-7-9-11-13-15-17-19-20-21-22-23-24-25-27-28-30-32-34-36-38-42(48)44(50)41(40-47)46-45(51)43(49)39-37-35-33-31-29-26-18-16-14-12-10-8-6-4-2/h12,14,16,18,30,32,41-44,47-50H,3-11,13,15,17,19-29,31,33-40H2,1-2H3,(H,46,51)/b14-12-,18-16-,32-30+. The van der Waals surface area contributed by atoms with Crippen LogP contribution in [0.1, 0.15) is 213 Å². The predicted octanol–water partition coefficient (Wildman–Crippen LogP) is 11.3. The fourth-order valence-electron chi connectivity index (χ4n) is 6.57. The summed E-state index contributed by atoms with van der Waals surface area (Å²) in [4.78, 5) is 12.5. The second-order valence-corrected chi connectivity index (χ2v) is 15.1. The van der Waals surface area contributed by atoms with Crippen LogP contribution in [0.25, 0.3) is 0 Å². The minimum atomic E-state index is -1.29. The zero-order valence-corrected chi connectivity index (χ0v) is 33.6. The zero-order chi connectivity index (χ0) is 37.5. The van der Waals surface area contributed by atoms with Gasteiger partial charge in [-0.15, -0.1) is 0 Å². The Morgan fingerprint density at radius 1 is 0.490 bits per heavy atom. The summed E-state index contributed by atoms with van der Waals surface area (Å²) in [7, 11) is 0. The van der Waals surface area contributed by atoms with Crippen molar-refractivity contribution < 1.29 is 25.2 Å². The number of amides is 1. The Balaban J connectivity index is 3.79. The summed E-state index contributed by atoms with van der Waals surface area (Å²) in [5.74, 6) is -0.606. The van der Waals surface area contributed by atoms with E-state index in [1.54, 1.807) is 0 Å². The van der Waals surface area contributed by atoms with Crippen molar-refractivity contribution in [2.75, 3.05) is 6.61 Å². The Bertz CT molecular complexity index is 812. The second-order valence-electron chi connectivity index (χ2n) is 15.1. The summed E-state index contributed by atoms with van der Waals surface area (Å²) in [6.07, 6.45) is 46.0. The van der Waals surface area contributed by atoms with Gasteiger partial charge in [0.25, 0.3) is 0 Å². The SMILES string of the molecule is CCCCC/C=C\C=C/CCCCCCCC(O)C(=O)NC(CO)C(O)C(O)CCC/C=C/CCCCCCCCCCCCCCCCCC. The smallest absolute Gasteiger partial charge is 0.249 e. The van der Waals surface area contributed by atoms with Gasteiger partial charge in [0.15, 0.2) is 0 Å². The molecule has 0 aromatic heterocycles. The minimum Gasteiger partial charge on any atom is -0.394 e. The van der Waals surface area contributed by atoms with Gasteiger partial charge in [-0.25, -0.2) is 0 Å². The van der Waals surface area contributed by atoms with E-state index >= 15 is 0 Å². The van der Waals surface area contributed by atoms with Crippen molar-refractivity contribution in [3.05, 3.63) is 36.5 Å². The van der Waals surface area contributed by atoms with Gasteiger partial charge in [0.05, 0.1) is 18.8 Å². The lowest BCUT2D eigenvalue weighted by molar-refractivity contribution is -0.132. The third-order valence-corrected chi connectivity index (χ3v) is 10.1. The molecule has 0 aliphatic heterocycles. The average molecular weight is 720 g/mol. The molecule has 51 heavy (non-hydrogen) atoms. The van der Waals surface area contributed by atoms with Gasteiger partial charge in [-0.1, -0.05) is 185 Å². The monoisotopic (exact) mass is 720 g/mol. The van der Waals surface area contributed by atoms with E-state index in [4.69, 9.17) is 0 Å². The highest BCUT2D eigenvalue weighted by molar-refractivity contribution is 5.80. The van der Waals surface area contributed by atoms with Crippen molar-refractivity contribution >= 4 is 5.91 Å². The highest BCUT2D eigenvalue weighted by Crippen LogP contribution is 2.15. The van der Waals surface area contributed by atoms with Crippen molar-refractivity contribution in [3.8, 4) is 0 Å². The van der Waals surface area contributed by atoms with E-state index in [9.17, 15) is 25.2 Å². The molecule has 0 aliphatic carbocycles. The lowest BCUT2D eigenvalue weighted by Crippen LogP contribution is -2.53. The molecule has 0 aromatic carbocycles. The summed E-state index contributed by atoms with van der Waals surface area (Å²) in [5, 5.41) is 43.6. The summed E-state index contributed by atoms with van der Waals surface area (Å²) in [6, 6.07) is -1.01. The summed E-state index contributed by atoms with van der Waals surface area (Å²) in [6.45, 7) is 4.00. The number of unbranched alkanes of at least 4 members (excludes halogenated alkanes) is 25. The fourth-order valence-corrected chi connectivity index (χ4v) is 6.57. The molecule has 0 heterocycles. The minimum absolute atomic E-state index is 0.344. The van der Waals surface area contributed by atoms with Crippen LogP contribution in [0.5, 0.6) is 0 Å². The van der Waals surface area contributed by atoms with Crippen LogP contribution in [0.2, 0.25) is 0 Å². The highest BCUT2D eigenvalue weighted by Gasteiger charge is 2.28. The molecule has 0 saturated heterocycles. The number of hydrogen-bond donors (Lipinski definition) is 5. The molecule has 0 spiro atoms. The maximum absolute atomic E-state index is 12.5. The first-order valence-corrected chi connectivity index (χ1v) is 21.9. The molecule has 0 rings (SSSR count). The van der Waals surface area contributed by atoms with Crippen LogP contribution in [0.4, 0.5) is 0 Å². The first-order chi connectivity index (χ1) is 25.0. The normalized spacial score (nSPS) is 14.5. The van der Waals surface area contributed by atoms with E-state index in [1.807, 2.05) is 0 Å². The molecule has 0 radical (unpaired) electrons. The van der Waals surface area contributed by atoms with E-state index in [2.05, 4.69) is 55.6 Å². The van der Waals surface area contributed by atoms with Crippen LogP contribution >= 0.6 is 0 Å². The largest absolute Gasteiger partial charge is 0.394 e. The lowest BCUT2D eigenvalue weighted by Gasteiger charge is -2.27. The van der Waals surface area contributed by atoms with Gasteiger partial charge >= 0.3 is 0 Å². The molecular weight excluding hydrogens is 634 g/mol. The van der Waals surface area contributed by atoms with Crippen LogP contribution in [-0.2, 0) is 4.79 Å². The first-order valence-electron chi connectivity index (χ1n) is 21.9. The highest BCUT2D eigenvalue weighted by atomic mass is 16.3. The molecule has 0 bridgehead atoms. The summed E-state index contributed by atoms with van der Waals surface area (Å²) < 4.78 is 0. The Labute approximate surface area is 316 Å². The summed E-state index contributed by atoms with van der Waals surface area (Å²) >= 11 is 0. The maximum Gasteiger partial charge on any atom is 0.249 e. The first kappa shape index (κ1) is 49.5. The molecule has 4 atom stereocenters. The number of carbonyl (C=O) groups excluding carboxylic acids is 1. The molecule has 0 aliphatic rings. The van der Waals surface area contributed by atoms with Gasteiger partial charge in [0.2, 0.25) is 5.91 Å². The van der Waals surface area contributed by atoms with E-state index in [0.29, 0.717) is 12.8 Å². The molecule has 6 nitrogen and oxygen atoms in total. The lowest BCUT2D eigenvalue weighted by atomic mass is 10.00. The van der Waals surface area contributed by atoms with Crippen molar-refractivity contribution in [1.82, 2.24) is 5.32 Å². The van der Waals surface area contributed by atoms with E-state index in [0.717, 1.165) is 64.2 Å². The Kier molecular flexibility index (Phi) is 38.6. The number of hydrogen-bond acceptors (Lipinski definition) is 5. The summed E-state index contributed by atoms with van der Waals surface area (Å²) in [5.41, 5.74) is 0. The van der Waals surface area contributed by atoms with Crippen LogP contribution in [0, 0.1) is 0 Å². The third kappa shape index (κ3) is 34.1. The molecule has 1 amide bonds. The van der Waals surface area contributed by atoms with Crippen molar-refractivity contribution in [2.45, 2.75) is 237 Å². The fraction of sp³-hybridized carbons (Fsp3) is 0.844. The molecule has 5 N–H and O–H groups in total. The Hall–Kier alpha value is -1.47. The van der Waals surface area contributed by atoms with Gasteiger partial charge in [0.1, 0.15) is 12.2 Å². The van der Waals surface area contributed by atoms with E-state index in [1.165, 1.54) is 122 Å². The van der Waals surface area contributed by atoms with Crippen LogP contribution < -0.4 is 5.32 Å². The second kappa shape index (κ2) is 39.7. The Morgan fingerprint density at radius 2 is 0.863 bits per heavy atom. The molecule has 0 fully saturated rings. The number of aliphatic hydroxyl groups is 4. The van der Waals surface area contributed by atoms with Gasteiger partial charge < -0.3 is 25.7 Å². The molecule has 6 heteroatoms. The number of carbonyl (C=O) groups is 1. The number of aliphatic hydroxyl groups excluding tert-OH is 4. The predicted molar refractivity (Wildman–Crippen MR) is 219 cm³/mol. The van der Waals surface area contributed by atoms with Gasteiger partial charge in [0, 0.05) is 0 Å².